The highest BCUT2D eigenvalue weighted by Crippen LogP contribution is 2.25. The molecule has 0 aliphatic heterocycles. The monoisotopic (exact) mass is 300 g/mol. The summed E-state index contributed by atoms with van der Waals surface area (Å²) in [6, 6.07) is 16.6. The molecule has 2 rings (SSSR count). The van der Waals surface area contributed by atoms with Crippen LogP contribution in [0, 0.1) is 17.8 Å². The second-order valence-corrected chi connectivity index (χ2v) is 6.08. The van der Waals surface area contributed by atoms with Gasteiger partial charge in [-0.15, -0.1) is 0 Å². The van der Waals surface area contributed by atoms with Crippen LogP contribution in [0.5, 0.6) is 5.75 Å². The fourth-order valence-corrected chi connectivity index (χ4v) is 2.33. The molecule has 107 valence electrons. The molecule has 0 aromatic heterocycles. The van der Waals surface area contributed by atoms with Crippen LogP contribution in [0.1, 0.15) is 12.0 Å². The van der Waals surface area contributed by atoms with E-state index in [0.29, 0.717) is 6.42 Å². The van der Waals surface area contributed by atoms with Crippen LogP contribution in [0.25, 0.3) is 11.1 Å². The third kappa shape index (κ3) is 4.62. The Morgan fingerprint density at radius 2 is 1.86 bits per heavy atom. The molecule has 0 saturated carbocycles. The van der Waals surface area contributed by atoms with E-state index in [0.717, 1.165) is 22.9 Å². The zero-order chi connectivity index (χ0) is 15.3. The molecule has 2 aromatic rings. The smallest absolute Gasteiger partial charge is 0.306 e. The van der Waals surface area contributed by atoms with Crippen LogP contribution >= 0.6 is 0 Å². The molecule has 0 N–H and O–H groups in total. The van der Waals surface area contributed by atoms with Crippen LogP contribution in [0.15, 0.2) is 48.5 Å². The van der Waals surface area contributed by atoms with E-state index < -0.39 is 10.1 Å². The molecule has 0 atom stereocenters. The molecule has 2 aromatic carbocycles. The average molecular weight is 300 g/mol. The SMILES string of the molecule is CS(=O)(=O)Oc1cccc(-c2ccc([CH]CC#N)cc2)c1. The number of nitrogens with zero attached hydrogens (tertiary/aromatic N) is 1. The minimum absolute atomic E-state index is 0.287. The summed E-state index contributed by atoms with van der Waals surface area (Å²) in [5.74, 6) is 0.287. The molecule has 21 heavy (non-hydrogen) atoms. The van der Waals surface area contributed by atoms with Crippen molar-refractivity contribution in [3.05, 3.63) is 60.5 Å². The summed E-state index contributed by atoms with van der Waals surface area (Å²) >= 11 is 0. The molecule has 0 saturated heterocycles. The van der Waals surface area contributed by atoms with E-state index in [-0.39, 0.29) is 5.75 Å². The van der Waals surface area contributed by atoms with Gasteiger partial charge in [0.05, 0.1) is 12.3 Å². The highest BCUT2D eigenvalue weighted by molar-refractivity contribution is 7.86. The predicted octanol–water partition coefficient (Wildman–Crippen LogP) is 3.16. The van der Waals surface area contributed by atoms with Crippen molar-refractivity contribution in [1.29, 1.82) is 5.26 Å². The summed E-state index contributed by atoms with van der Waals surface area (Å²) in [4.78, 5) is 0. The van der Waals surface area contributed by atoms with E-state index in [1.807, 2.05) is 36.8 Å². The van der Waals surface area contributed by atoms with Gasteiger partial charge in [-0.2, -0.15) is 13.7 Å². The second kappa shape index (κ2) is 6.42. The molecule has 0 fully saturated rings. The maximum atomic E-state index is 11.1. The van der Waals surface area contributed by atoms with Gasteiger partial charge in [-0.25, -0.2) is 0 Å². The Morgan fingerprint density at radius 3 is 2.48 bits per heavy atom. The second-order valence-electron chi connectivity index (χ2n) is 4.50. The Bertz CT molecular complexity index is 759. The lowest BCUT2D eigenvalue weighted by Gasteiger charge is -2.07. The maximum Gasteiger partial charge on any atom is 0.306 e. The van der Waals surface area contributed by atoms with Gasteiger partial charge in [0.25, 0.3) is 0 Å². The van der Waals surface area contributed by atoms with Crippen molar-refractivity contribution < 1.29 is 12.6 Å². The summed E-state index contributed by atoms with van der Waals surface area (Å²) in [6.07, 6.45) is 3.23. The Hall–Kier alpha value is -2.32. The van der Waals surface area contributed by atoms with Crippen molar-refractivity contribution in [3.8, 4) is 22.9 Å². The summed E-state index contributed by atoms with van der Waals surface area (Å²) in [6.45, 7) is 0. The normalized spacial score (nSPS) is 10.9. The van der Waals surface area contributed by atoms with Crippen LogP contribution in [0.2, 0.25) is 0 Å². The van der Waals surface area contributed by atoms with Gasteiger partial charge >= 0.3 is 10.1 Å². The molecule has 0 spiro atoms. The van der Waals surface area contributed by atoms with E-state index >= 15 is 0 Å². The minimum atomic E-state index is -3.53. The first-order valence-corrected chi connectivity index (χ1v) is 8.10. The Morgan fingerprint density at radius 1 is 1.14 bits per heavy atom. The van der Waals surface area contributed by atoms with E-state index in [4.69, 9.17) is 9.44 Å². The average Bonchev–Trinajstić information content (AvgIpc) is 2.44. The zero-order valence-electron chi connectivity index (χ0n) is 11.5. The first kappa shape index (κ1) is 15.1. The van der Waals surface area contributed by atoms with Gasteiger partial charge in [0.15, 0.2) is 0 Å². The lowest BCUT2D eigenvalue weighted by molar-refractivity contribution is 0.493. The topological polar surface area (TPSA) is 67.2 Å². The van der Waals surface area contributed by atoms with E-state index in [9.17, 15) is 8.42 Å². The first-order valence-electron chi connectivity index (χ1n) is 6.28. The van der Waals surface area contributed by atoms with Crippen molar-refractivity contribution in [2.45, 2.75) is 6.42 Å². The number of benzene rings is 2. The fraction of sp³-hybridized carbons (Fsp3) is 0.125. The number of nitriles is 1. The van der Waals surface area contributed by atoms with Crippen molar-refractivity contribution in [3.63, 3.8) is 0 Å². The van der Waals surface area contributed by atoms with Crippen molar-refractivity contribution in [1.82, 2.24) is 0 Å². The highest BCUT2D eigenvalue weighted by atomic mass is 32.2. The molecule has 0 aliphatic carbocycles. The molecule has 0 heterocycles. The summed E-state index contributed by atoms with van der Waals surface area (Å²) in [5.41, 5.74) is 2.79. The van der Waals surface area contributed by atoms with Gasteiger partial charge in [-0.1, -0.05) is 36.4 Å². The molecule has 0 unspecified atom stereocenters. The Kier molecular flexibility index (Phi) is 4.61. The van der Waals surface area contributed by atoms with Gasteiger partial charge in [-0.05, 0) is 28.8 Å². The van der Waals surface area contributed by atoms with Gasteiger partial charge in [0, 0.05) is 12.8 Å². The minimum Gasteiger partial charge on any atom is -0.383 e. The van der Waals surface area contributed by atoms with Gasteiger partial charge in [0.1, 0.15) is 5.75 Å². The summed E-state index contributed by atoms with van der Waals surface area (Å²) in [5, 5.41) is 8.54. The summed E-state index contributed by atoms with van der Waals surface area (Å²) < 4.78 is 27.2. The number of hydrogen-bond acceptors (Lipinski definition) is 4. The molecular formula is C16H14NO3S. The third-order valence-corrected chi connectivity index (χ3v) is 3.25. The van der Waals surface area contributed by atoms with Crippen LogP contribution in [0.4, 0.5) is 0 Å². The van der Waals surface area contributed by atoms with Crippen LogP contribution < -0.4 is 4.18 Å². The maximum absolute atomic E-state index is 11.1. The quantitative estimate of drug-likeness (QED) is 0.795. The standard InChI is InChI=1S/C16H14NO3S/c1-21(18,19)20-16-6-2-5-15(12-16)14-9-7-13(8-10-14)4-3-11-17/h2,4-10,12H,3H2,1H3. The number of hydrogen-bond donors (Lipinski definition) is 0. The molecule has 5 heteroatoms. The van der Waals surface area contributed by atoms with Crippen LogP contribution in [0.3, 0.4) is 0 Å². The molecule has 1 radical (unpaired) electrons. The van der Waals surface area contributed by atoms with Crippen molar-refractivity contribution in [2.24, 2.45) is 0 Å². The molecule has 4 nitrogen and oxygen atoms in total. The van der Waals surface area contributed by atoms with E-state index in [1.165, 1.54) is 0 Å². The van der Waals surface area contributed by atoms with Crippen molar-refractivity contribution >= 4 is 10.1 Å². The largest absolute Gasteiger partial charge is 0.383 e. The van der Waals surface area contributed by atoms with Crippen LogP contribution in [-0.4, -0.2) is 14.7 Å². The van der Waals surface area contributed by atoms with Gasteiger partial charge in [-0.3, -0.25) is 0 Å². The van der Waals surface area contributed by atoms with Crippen LogP contribution in [-0.2, 0) is 10.1 Å². The first-order chi connectivity index (χ1) is 9.98. The molecule has 0 bridgehead atoms. The lowest BCUT2D eigenvalue weighted by atomic mass is 10.0. The van der Waals surface area contributed by atoms with Gasteiger partial charge < -0.3 is 4.18 Å². The fourth-order valence-electron chi connectivity index (χ4n) is 1.88. The molecule has 0 amide bonds. The van der Waals surface area contributed by atoms with Crippen molar-refractivity contribution in [2.75, 3.05) is 6.26 Å². The molecular weight excluding hydrogens is 286 g/mol. The number of rotatable bonds is 5. The predicted molar refractivity (Wildman–Crippen MR) is 81.0 cm³/mol. The Balaban J connectivity index is 2.22. The van der Waals surface area contributed by atoms with E-state index in [1.54, 1.807) is 18.2 Å². The van der Waals surface area contributed by atoms with Gasteiger partial charge in [0.2, 0.25) is 0 Å². The lowest BCUT2D eigenvalue weighted by Crippen LogP contribution is -2.05. The summed E-state index contributed by atoms with van der Waals surface area (Å²) in [7, 11) is -3.53. The van der Waals surface area contributed by atoms with E-state index in [2.05, 4.69) is 6.07 Å². The highest BCUT2D eigenvalue weighted by Gasteiger charge is 2.06. The zero-order valence-corrected chi connectivity index (χ0v) is 12.3. The third-order valence-electron chi connectivity index (χ3n) is 2.75. The Labute approximate surface area is 124 Å². The molecule has 0 aliphatic rings.